The van der Waals surface area contributed by atoms with Gasteiger partial charge in [-0.1, -0.05) is 72.8 Å². The molecule has 2 amide bonds. The first kappa shape index (κ1) is 32.5. The molecule has 10 nitrogen and oxygen atoms in total. The van der Waals surface area contributed by atoms with E-state index in [0.717, 1.165) is 17.7 Å². The van der Waals surface area contributed by atoms with Crippen LogP contribution in [0, 0.1) is 5.82 Å². The van der Waals surface area contributed by atoms with Crippen molar-refractivity contribution < 1.29 is 27.1 Å². The van der Waals surface area contributed by atoms with Crippen LogP contribution in [0.1, 0.15) is 11.1 Å². The van der Waals surface area contributed by atoms with Crippen molar-refractivity contribution in [1.82, 2.24) is 0 Å². The number of rotatable bonds is 10. The van der Waals surface area contributed by atoms with E-state index in [1.54, 1.807) is 60.7 Å². The zero-order valence-electron chi connectivity index (χ0n) is 24.9. The molecule has 0 fully saturated rings. The Morgan fingerprint density at radius 3 is 2.21 bits per heavy atom. The number of amidine groups is 1. The zero-order chi connectivity index (χ0) is 33.4. The Morgan fingerprint density at radius 1 is 0.830 bits per heavy atom. The van der Waals surface area contributed by atoms with Crippen molar-refractivity contribution in [1.29, 1.82) is 0 Å². The Kier molecular flexibility index (Phi) is 10.0. The van der Waals surface area contributed by atoms with Crippen LogP contribution in [0.3, 0.4) is 0 Å². The van der Waals surface area contributed by atoms with Crippen molar-refractivity contribution in [3.05, 3.63) is 144 Å². The third-order valence-electron chi connectivity index (χ3n) is 6.96. The van der Waals surface area contributed by atoms with E-state index in [1.165, 1.54) is 18.2 Å². The van der Waals surface area contributed by atoms with Crippen LogP contribution >= 0.6 is 0 Å². The number of hydrogen-bond acceptors (Lipinski definition) is 6. The SMILES string of the molecule is NC(=NC(=O)Oc1ccc(F)cc1)c1cccc(N(CC(=O)Nc2ccc(-c3ccccc3S(N)(=O)=O)cc2)Cc2ccccc2)c1. The van der Waals surface area contributed by atoms with E-state index in [9.17, 15) is 22.4 Å². The molecule has 238 valence electrons. The van der Waals surface area contributed by atoms with E-state index in [-0.39, 0.29) is 28.9 Å². The van der Waals surface area contributed by atoms with Gasteiger partial charge in [0.05, 0.1) is 11.4 Å². The number of anilines is 2. The van der Waals surface area contributed by atoms with Gasteiger partial charge in [-0.3, -0.25) is 4.79 Å². The van der Waals surface area contributed by atoms with E-state index < -0.39 is 21.9 Å². The molecule has 0 aliphatic rings. The molecule has 0 saturated heterocycles. The largest absolute Gasteiger partial charge is 0.441 e. The molecule has 0 unspecified atom stereocenters. The van der Waals surface area contributed by atoms with E-state index in [2.05, 4.69) is 10.3 Å². The number of carbonyl (C=O) groups excluding carboxylic acids is 2. The number of nitrogens with one attached hydrogen (secondary N) is 1. The standard InChI is InChI=1S/C35H30FN5O5S/c36-27-15-19-30(20-16-27)46-35(43)40-34(37)26-9-6-10-29(21-26)41(22-24-7-2-1-3-8-24)23-33(42)39-28-17-13-25(14-18-28)31-11-4-5-12-32(31)47(38,44)45/h1-21H,22-23H2,(H,39,42)(H2,37,40,43)(H2,38,44,45). The Morgan fingerprint density at radius 2 is 1.51 bits per heavy atom. The predicted octanol–water partition coefficient (Wildman–Crippen LogP) is 5.69. The fraction of sp³-hybridized carbons (Fsp3) is 0.0571. The second-order valence-corrected chi connectivity index (χ2v) is 11.9. The van der Waals surface area contributed by atoms with Crippen molar-refractivity contribution >= 4 is 39.2 Å². The first-order chi connectivity index (χ1) is 22.5. The van der Waals surface area contributed by atoms with Crippen LogP contribution in [0.2, 0.25) is 0 Å². The van der Waals surface area contributed by atoms with Gasteiger partial charge in [0.2, 0.25) is 15.9 Å². The molecule has 47 heavy (non-hydrogen) atoms. The molecular formula is C35H30FN5O5S. The molecule has 5 aromatic carbocycles. The van der Waals surface area contributed by atoms with Gasteiger partial charge < -0.3 is 20.7 Å². The summed E-state index contributed by atoms with van der Waals surface area (Å²) in [5.74, 6) is -0.773. The first-order valence-electron chi connectivity index (χ1n) is 14.3. The van der Waals surface area contributed by atoms with Gasteiger partial charge in [-0.05, 0) is 65.7 Å². The summed E-state index contributed by atoms with van der Waals surface area (Å²) < 4.78 is 42.4. The van der Waals surface area contributed by atoms with Crippen LogP contribution in [0.15, 0.2) is 137 Å². The lowest BCUT2D eigenvalue weighted by atomic mass is 10.1. The van der Waals surface area contributed by atoms with Gasteiger partial charge in [0.15, 0.2) is 0 Å². The predicted molar refractivity (Wildman–Crippen MR) is 179 cm³/mol. The second kappa shape index (κ2) is 14.5. The average molecular weight is 652 g/mol. The third-order valence-corrected chi connectivity index (χ3v) is 7.93. The van der Waals surface area contributed by atoms with Gasteiger partial charge in [-0.25, -0.2) is 22.7 Å². The summed E-state index contributed by atoms with van der Waals surface area (Å²) in [6, 6.07) is 34.6. The van der Waals surface area contributed by atoms with Gasteiger partial charge in [-0.15, -0.1) is 0 Å². The van der Waals surface area contributed by atoms with Crippen LogP contribution in [0.25, 0.3) is 11.1 Å². The molecule has 0 radical (unpaired) electrons. The number of hydrogen-bond donors (Lipinski definition) is 3. The van der Waals surface area contributed by atoms with Gasteiger partial charge in [-0.2, -0.15) is 4.99 Å². The summed E-state index contributed by atoms with van der Waals surface area (Å²) in [6.45, 7) is 0.336. The number of aliphatic imine (C=N–C) groups is 1. The smallest absolute Gasteiger partial charge is 0.409 e. The highest BCUT2D eigenvalue weighted by Gasteiger charge is 2.17. The summed E-state index contributed by atoms with van der Waals surface area (Å²) in [6.07, 6.45) is -0.973. The van der Waals surface area contributed by atoms with Gasteiger partial charge in [0, 0.05) is 29.0 Å². The Balaban J connectivity index is 1.33. The minimum Gasteiger partial charge on any atom is -0.409 e. The molecule has 0 aliphatic heterocycles. The number of amides is 2. The van der Waals surface area contributed by atoms with E-state index in [0.29, 0.717) is 34.6 Å². The average Bonchev–Trinajstić information content (AvgIpc) is 3.06. The van der Waals surface area contributed by atoms with Crippen molar-refractivity contribution in [2.45, 2.75) is 11.4 Å². The Hall–Kier alpha value is -5.85. The molecule has 5 N–H and O–H groups in total. The maximum atomic E-state index is 13.3. The van der Waals surface area contributed by atoms with Crippen molar-refractivity contribution in [3.8, 4) is 16.9 Å². The lowest BCUT2D eigenvalue weighted by Gasteiger charge is -2.25. The third kappa shape index (κ3) is 8.87. The summed E-state index contributed by atoms with van der Waals surface area (Å²) in [5.41, 5.74) is 9.74. The van der Waals surface area contributed by atoms with Gasteiger partial charge in [0.25, 0.3) is 0 Å². The molecule has 0 saturated carbocycles. The molecule has 0 heterocycles. The maximum Gasteiger partial charge on any atom is 0.441 e. The Labute approximate surface area is 271 Å². The summed E-state index contributed by atoms with van der Waals surface area (Å²) in [5, 5.41) is 8.27. The molecule has 0 bridgehead atoms. The van der Waals surface area contributed by atoms with Crippen molar-refractivity contribution in [2.24, 2.45) is 15.9 Å². The first-order valence-corrected chi connectivity index (χ1v) is 15.8. The summed E-state index contributed by atoms with van der Waals surface area (Å²) >= 11 is 0. The van der Waals surface area contributed by atoms with Crippen LogP contribution in [-0.4, -0.2) is 32.8 Å². The summed E-state index contributed by atoms with van der Waals surface area (Å²) in [7, 11) is -3.93. The van der Waals surface area contributed by atoms with Crippen LogP contribution in [0.5, 0.6) is 5.75 Å². The monoisotopic (exact) mass is 651 g/mol. The molecule has 5 rings (SSSR count). The highest BCUT2D eigenvalue weighted by molar-refractivity contribution is 7.89. The molecule has 0 aliphatic carbocycles. The Bertz CT molecular complexity index is 2020. The molecule has 0 aromatic heterocycles. The van der Waals surface area contributed by atoms with E-state index in [4.69, 9.17) is 15.6 Å². The number of carbonyl (C=O) groups is 2. The number of halogens is 1. The van der Waals surface area contributed by atoms with Crippen molar-refractivity contribution in [2.75, 3.05) is 16.8 Å². The minimum absolute atomic E-state index is 0.00558. The fourth-order valence-electron chi connectivity index (χ4n) is 4.75. The fourth-order valence-corrected chi connectivity index (χ4v) is 5.51. The van der Waals surface area contributed by atoms with Gasteiger partial charge >= 0.3 is 6.09 Å². The highest BCUT2D eigenvalue weighted by atomic mass is 32.2. The quantitative estimate of drug-likeness (QED) is 0.129. The zero-order valence-corrected chi connectivity index (χ0v) is 25.7. The number of nitrogens with zero attached hydrogens (tertiary/aromatic N) is 2. The van der Waals surface area contributed by atoms with Gasteiger partial charge in [0.1, 0.15) is 17.4 Å². The van der Waals surface area contributed by atoms with Crippen LogP contribution < -0.4 is 25.8 Å². The number of ether oxygens (including phenoxy) is 1. The topological polar surface area (TPSA) is 157 Å². The van der Waals surface area contributed by atoms with E-state index in [1.807, 2.05) is 41.3 Å². The number of primary sulfonamides is 1. The summed E-state index contributed by atoms with van der Waals surface area (Å²) in [4.78, 5) is 31.3. The molecule has 12 heteroatoms. The maximum absolute atomic E-state index is 13.3. The van der Waals surface area contributed by atoms with E-state index >= 15 is 0 Å². The lowest BCUT2D eigenvalue weighted by Crippen LogP contribution is -2.33. The molecular weight excluding hydrogens is 621 g/mol. The number of benzene rings is 5. The normalized spacial score (nSPS) is 11.5. The lowest BCUT2D eigenvalue weighted by molar-refractivity contribution is -0.115. The molecule has 0 atom stereocenters. The molecule has 5 aromatic rings. The minimum atomic E-state index is -3.93. The van der Waals surface area contributed by atoms with Crippen LogP contribution in [0.4, 0.5) is 20.6 Å². The number of nitrogens with two attached hydrogens (primary N) is 2. The number of sulfonamides is 1. The van der Waals surface area contributed by atoms with Crippen LogP contribution in [-0.2, 0) is 21.4 Å². The molecule has 0 spiro atoms. The highest BCUT2D eigenvalue weighted by Crippen LogP contribution is 2.28. The van der Waals surface area contributed by atoms with Crippen molar-refractivity contribution in [3.63, 3.8) is 0 Å². The second-order valence-electron chi connectivity index (χ2n) is 10.4.